The summed E-state index contributed by atoms with van der Waals surface area (Å²) in [5, 5.41) is 6.69. The highest BCUT2D eigenvalue weighted by molar-refractivity contribution is 7.22. The molecule has 2 N–H and O–H groups in total. The molecule has 0 saturated carbocycles. The van der Waals surface area contributed by atoms with Gasteiger partial charge in [-0.25, -0.2) is 4.98 Å². The average molecular weight is 277 g/mol. The van der Waals surface area contributed by atoms with Gasteiger partial charge in [-0.15, -0.1) is 0 Å². The number of carbonyl (C=O) groups is 1. The van der Waals surface area contributed by atoms with Crippen molar-refractivity contribution in [1.82, 2.24) is 10.3 Å². The molecule has 6 heteroatoms. The van der Waals surface area contributed by atoms with E-state index < -0.39 is 0 Å². The Hall–Kier alpha value is -1.66. The lowest BCUT2D eigenvalue weighted by atomic mass is 10.2. The third-order valence-electron chi connectivity index (χ3n) is 3.20. The predicted molar refractivity (Wildman–Crippen MR) is 75.8 cm³/mol. The zero-order valence-corrected chi connectivity index (χ0v) is 11.4. The first kappa shape index (κ1) is 12.4. The quantitative estimate of drug-likeness (QED) is 0.900. The summed E-state index contributed by atoms with van der Waals surface area (Å²) in [4.78, 5) is 16.4. The number of methoxy groups -OCH3 is 1. The van der Waals surface area contributed by atoms with Crippen molar-refractivity contribution in [3.05, 3.63) is 18.2 Å². The highest BCUT2D eigenvalue weighted by atomic mass is 32.1. The number of thiazole rings is 1. The summed E-state index contributed by atoms with van der Waals surface area (Å²) >= 11 is 1.46. The van der Waals surface area contributed by atoms with Gasteiger partial charge in [-0.1, -0.05) is 11.3 Å². The van der Waals surface area contributed by atoms with Gasteiger partial charge in [0.25, 0.3) is 0 Å². The number of nitrogens with one attached hydrogen (secondary N) is 2. The van der Waals surface area contributed by atoms with Crippen molar-refractivity contribution in [3.8, 4) is 5.75 Å². The van der Waals surface area contributed by atoms with Crippen LogP contribution in [0.4, 0.5) is 5.13 Å². The molecule has 0 aliphatic carbocycles. The van der Waals surface area contributed by atoms with Gasteiger partial charge in [0.1, 0.15) is 5.75 Å². The highest BCUT2D eigenvalue weighted by Crippen LogP contribution is 2.29. The van der Waals surface area contributed by atoms with Crippen LogP contribution in [0.25, 0.3) is 10.2 Å². The molecule has 1 amide bonds. The van der Waals surface area contributed by atoms with Gasteiger partial charge in [-0.2, -0.15) is 0 Å². The maximum Gasteiger partial charge on any atom is 0.243 e. The largest absolute Gasteiger partial charge is 0.497 e. The zero-order chi connectivity index (χ0) is 13.2. The zero-order valence-electron chi connectivity index (χ0n) is 10.6. The van der Waals surface area contributed by atoms with Crippen LogP contribution < -0.4 is 15.4 Å². The fraction of sp³-hybridized carbons (Fsp3) is 0.385. The van der Waals surface area contributed by atoms with Gasteiger partial charge in [0, 0.05) is 0 Å². The number of hydrogen-bond donors (Lipinski definition) is 2. The second-order valence-electron chi connectivity index (χ2n) is 4.49. The number of aromatic nitrogens is 1. The third kappa shape index (κ3) is 2.54. The van der Waals surface area contributed by atoms with Crippen molar-refractivity contribution in [2.24, 2.45) is 0 Å². The number of ether oxygens (including phenoxy) is 1. The molecule has 1 atom stereocenters. The molecule has 0 unspecified atom stereocenters. The third-order valence-corrected chi connectivity index (χ3v) is 4.14. The Bertz CT molecular complexity index is 605. The minimum atomic E-state index is -0.0819. The van der Waals surface area contributed by atoms with E-state index in [1.807, 2.05) is 18.2 Å². The van der Waals surface area contributed by atoms with E-state index in [0.29, 0.717) is 5.13 Å². The van der Waals surface area contributed by atoms with Crippen molar-refractivity contribution in [1.29, 1.82) is 0 Å². The van der Waals surface area contributed by atoms with Crippen molar-refractivity contribution < 1.29 is 9.53 Å². The van der Waals surface area contributed by atoms with Crippen molar-refractivity contribution in [3.63, 3.8) is 0 Å². The number of nitrogens with zero attached hydrogens (tertiary/aromatic N) is 1. The molecule has 5 nitrogen and oxygen atoms in total. The Labute approximate surface area is 115 Å². The average Bonchev–Trinajstić information content (AvgIpc) is 3.06. The molecule has 0 spiro atoms. The molecule has 1 aliphatic rings. The number of rotatable bonds is 3. The molecule has 1 aromatic heterocycles. The first-order valence-corrected chi connectivity index (χ1v) is 7.07. The van der Waals surface area contributed by atoms with Crippen LogP contribution in [0.2, 0.25) is 0 Å². The Morgan fingerprint density at radius 1 is 1.58 bits per heavy atom. The molecule has 2 heterocycles. The fourth-order valence-electron chi connectivity index (χ4n) is 2.19. The minimum absolute atomic E-state index is 0.00326. The SMILES string of the molecule is COc1ccc2nc(NC(=O)[C@H]3CCCN3)sc2c1. The topological polar surface area (TPSA) is 63.2 Å². The molecule has 0 bridgehead atoms. The molecule has 2 aromatic rings. The summed E-state index contributed by atoms with van der Waals surface area (Å²) in [6, 6.07) is 5.61. The molecule has 19 heavy (non-hydrogen) atoms. The maximum absolute atomic E-state index is 12.0. The van der Waals surface area contributed by atoms with E-state index in [4.69, 9.17) is 4.74 Å². The molecule has 100 valence electrons. The van der Waals surface area contributed by atoms with E-state index in [9.17, 15) is 4.79 Å². The Kier molecular flexibility index (Phi) is 3.35. The Morgan fingerprint density at radius 2 is 2.47 bits per heavy atom. The molecule has 3 rings (SSSR count). The van der Waals surface area contributed by atoms with Crippen LogP contribution >= 0.6 is 11.3 Å². The van der Waals surface area contributed by atoms with Gasteiger partial charge in [0.05, 0.1) is 23.4 Å². The second kappa shape index (κ2) is 5.14. The number of amides is 1. The van der Waals surface area contributed by atoms with E-state index in [0.717, 1.165) is 35.4 Å². The van der Waals surface area contributed by atoms with Crippen LogP contribution in [0.3, 0.4) is 0 Å². The minimum Gasteiger partial charge on any atom is -0.497 e. The Morgan fingerprint density at radius 3 is 3.21 bits per heavy atom. The van der Waals surface area contributed by atoms with Crippen LogP contribution in [-0.2, 0) is 4.79 Å². The summed E-state index contributed by atoms with van der Waals surface area (Å²) in [5.74, 6) is 0.801. The first-order valence-electron chi connectivity index (χ1n) is 6.25. The summed E-state index contributed by atoms with van der Waals surface area (Å²) in [6.07, 6.45) is 1.94. The monoisotopic (exact) mass is 277 g/mol. The summed E-state index contributed by atoms with van der Waals surface area (Å²) in [6.45, 7) is 0.912. The van der Waals surface area contributed by atoms with E-state index in [-0.39, 0.29) is 11.9 Å². The number of carbonyl (C=O) groups excluding carboxylic acids is 1. The van der Waals surface area contributed by atoms with Crippen LogP contribution in [0.5, 0.6) is 5.75 Å². The van der Waals surface area contributed by atoms with Crippen LogP contribution in [0.1, 0.15) is 12.8 Å². The standard InChI is InChI=1S/C13H15N3O2S/c1-18-8-4-5-9-11(7-8)19-13(15-9)16-12(17)10-3-2-6-14-10/h4-5,7,10,14H,2-3,6H2,1H3,(H,15,16,17)/t10-/m1/s1. The van der Waals surface area contributed by atoms with E-state index >= 15 is 0 Å². The lowest BCUT2D eigenvalue weighted by Crippen LogP contribution is -2.35. The molecular formula is C13H15N3O2S. The molecule has 1 aliphatic heterocycles. The smallest absolute Gasteiger partial charge is 0.243 e. The first-order chi connectivity index (χ1) is 9.26. The van der Waals surface area contributed by atoms with Crippen LogP contribution in [0, 0.1) is 0 Å². The van der Waals surface area contributed by atoms with Gasteiger partial charge in [-0.3, -0.25) is 4.79 Å². The lowest BCUT2D eigenvalue weighted by Gasteiger charge is -2.08. The number of benzene rings is 1. The number of fused-ring (bicyclic) bond motifs is 1. The summed E-state index contributed by atoms with van der Waals surface area (Å²) in [5.41, 5.74) is 0.875. The number of anilines is 1. The molecule has 0 radical (unpaired) electrons. The van der Waals surface area contributed by atoms with Crippen LogP contribution in [-0.4, -0.2) is 30.6 Å². The normalized spacial score (nSPS) is 18.7. The molecule has 1 saturated heterocycles. The highest BCUT2D eigenvalue weighted by Gasteiger charge is 2.22. The summed E-state index contributed by atoms with van der Waals surface area (Å²) < 4.78 is 6.18. The predicted octanol–water partition coefficient (Wildman–Crippen LogP) is 2.00. The van der Waals surface area contributed by atoms with Gasteiger partial charge in [0.15, 0.2) is 5.13 Å². The van der Waals surface area contributed by atoms with Crippen LogP contribution in [0.15, 0.2) is 18.2 Å². The van der Waals surface area contributed by atoms with E-state index in [2.05, 4.69) is 15.6 Å². The lowest BCUT2D eigenvalue weighted by molar-refractivity contribution is -0.117. The maximum atomic E-state index is 12.0. The van der Waals surface area contributed by atoms with Crippen molar-refractivity contribution in [2.75, 3.05) is 19.0 Å². The van der Waals surface area contributed by atoms with E-state index in [1.165, 1.54) is 11.3 Å². The Balaban J connectivity index is 1.79. The van der Waals surface area contributed by atoms with Gasteiger partial charge in [-0.05, 0) is 37.6 Å². The van der Waals surface area contributed by atoms with Crippen molar-refractivity contribution >= 4 is 32.6 Å². The fourth-order valence-corrected chi connectivity index (χ4v) is 3.08. The van der Waals surface area contributed by atoms with Gasteiger partial charge in [0.2, 0.25) is 5.91 Å². The molecule has 1 aromatic carbocycles. The second-order valence-corrected chi connectivity index (χ2v) is 5.52. The molecular weight excluding hydrogens is 262 g/mol. The summed E-state index contributed by atoms with van der Waals surface area (Å²) in [7, 11) is 1.64. The molecule has 1 fully saturated rings. The van der Waals surface area contributed by atoms with Crippen molar-refractivity contribution in [2.45, 2.75) is 18.9 Å². The van der Waals surface area contributed by atoms with E-state index in [1.54, 1.807) is 7.11 Å². The van der Waals surface area contributed by atoms with Gasteiger partial charge >= 0.3 is 0 Å². The van der Waals surface area contributed by atoms with Gasteiger partial charge < -0.3 is 15.4 Å². The number of hydrogen-bond acceptors (Lipinski definition) is 5.